The molecule has 1 atom stereocenters. The van der Waals surface area contributed by atoms with Crippen LogP contribution in [-0.2, 0) is 0 Å². The Labute approximate surface area is 128 Å². The molecule has 0 aliphatic carbocycles. The first-order chi connectivity index (χ1) is 10.4. The average Bonchev–Trinajstić information content (AvgIpc) is 2.47. The number of carbonyl (C=O) groups is 1. The summed E-state index contributed by atoms with van der Waals surface area (Å²) in [6.07, 6.45) is -1.22. The van der Waals surface area contributed by atoms with E-state index < -0.39 is 17.7 Å². The van der Waals surface area contributed by atoms with Crippen LogP contribution < -0.4 is 0 Å². The van der Waals surface area contributed by atoms with Crippen LogP contribution >= 0.6 is 0 Å². The molecule has 0 spiro atoms. The van der Waals surface area contributed by atoms with E-state index in [1.54, 1.807) is 19.0 Å². The minimum atomic E-state index is -1.22. The number of aliphatic hydroxyl groups excluding tert-OH is 1. The Bertz CT molecular complexity index is 511. The monoisotopic (exact) mass is 313 g/mol. The van der Waals surface area contributed by atoms with Crippen molar-refractivity contribution in [1.82, 2.24) is 14.7 Å². The van der Waals surface area contributed by atoms with Gasteiger partial charge in [0.2, 0.25) is 0 Å². The number of amides is 2. The summed E-state index contributed by atoms with van der Waals surface area (Å²) in [6.45, 7) is 2.33. The fraction of sp³-hybridized carbons (Fsp3) is 0.533. The first-order valence-corrected chi connectivity index (χ1v) is 7.20. The molecular weight excluding hydrogens is 292 g/mol. The van der Waals surface area contributed by atoms with Gasteiger partial charge in [0, 0.05) is 46.8 Å². The van der Waals surface area contributed by atoms with Crippen molar-refractivity contribution in [2.75, 3.05) is 46.8 Å². The van der Waals surface area contributed by atoms with Crippen molar-refractivity contribution in [2.24, 2.45) is 0 Å². The molecule has 1 N–H and O–H groups in total. The average molecular weight is 313 g/mol. The number of halogens is 2. The molecule has 0 radical (unpaired) electrons. The maximum absolute atomic E-state index is 13.6. The van der Waals surface area contributed by atoms with Gasteiger partial charge in [-0.15, -0.1) is 0 Å². The third-order valence-electron chi connectivity index (χ3n) is 3.79. The van der Waals surface area contributed by atoms with Crippen molar-refractivity contribution in [1.29, 1.82) is 0 Å². The van der Waals surface area contributed by atoms with E-state index in [2.05, 4.69) is 0 Å². The first kappa shape index (κ1) is 16.6. The summed E-state index contributed by atoms with van der Waals surface area (Å²) in [4.78, 5) is 16.9. The Kier molecular flexibility index (Phi) is 5.31. The largest absolute Gasteiger partial charge is 0.387 e. The predicted octanol–water partition coefficient (Wildman–Crippen LogP) is 1.30. The van der Waals surface area contributed by atoms with Crippen molar-refractivity contribution in [3.05, 3.63) is 35.4 Å². The molecule has 5 nitrogen and oxygen atoms in total. The van der Waals surface area contributed by atoms with Crippen LogP contribution in [0.15, 0.2) is 18.2 Å². The molecule has 0 saturated carbocycles. The minimum absolute atomic E-state index is 0.0552. The summed E-state index contributed by atoms with van der Waals surface area (Å²) in [6, 6.07) is 3.48. The molecule has 1 aromatic carbocycles. The summed E-state index contributed by atoms with van der Waals surface area (Å²) in [5.74, 6) is -1.48. The Morgan fingerprint density at radius 2 is 1.77 bits per heavy atom. The molecule has 1 unspecified atom stereocenters. The van der Waals surface area contributed by atoms with Crippen LogP contribution in [-0.4, -0.2) is 72.7 Å². The third-order valence-corrected chi connectivity index (χ3v) is 3.79. The Hall–Kier alpha value is -1.73. The molecule has 1 fully saturated rings. The molecular formula is C15H21F2N3O2. The predicted molar refractivity (Wildman–Crippen MR) is 78.4 cm³/mol. The Morgan fingerprint density at radius 3 is 2.27 bits per heavy atom. The number of hydrogen-bond donors (Lipinski definition) is 1. The van der Waals surface area contributed by atoms with Crippen molar-refractivity contribution in [2.45, 2.75) is 6.10 Å². The number of hydrogen-bond acceptors (Lipinski definition) is 3. The molecule has 0 aromatic heterocycles. The second-order valence-corrected chi connectivity index (χ2v) is 5.62. The van der Waals surface area contributed by atoms with Crippen molar-refractivity contribution in [3.63, 3.8) is 0 Å². The summed E-state index contributed by atoms with van der Waals surface area (Å²) >= 11 is 0. The smallest absolute Gasteiger partial charge is 0.319 e. The molecule has 22 heavy (non-hydrogen) atoms. The lowest BCUT2D eigenvalue weighted by atomic mass is 10.1. The Morgan fingerprint density at radius 1 is 1.23 bits per heavy atom. The number of rotatable bonds is 3. The topological polar surface area (TPSA) is 47.0 Å². The molecule has 2 amide bonds. The fourth-order valence-electron chi connectivity index (χ4n) is 2.57. The normalized spacial score (nSPS) is 17.4. The van der Waals surface area contributed by atoms with Gasteiger partial charge in [-0.3, -0.25) is 4.90 Å². The number of carbonyl (C=O) groups excluding carboxylic acids is 1. The maximum atomic E-state index is 13.6. The number of benzene rings is 1. The highest BCUT2D eigenvalue weighted by Gasteiger charge is 2.25. The number of piperazine rings is 1. The van der Waals surface area contributed by atoms with Crippen LogP contribution in [0.4, 0.5) is 13.6 Å². The lowest BCUT2D eigenvalue weighted by Crippen LogP contribution is -2.52. The quantitative estimate of drug-likeness (QED) is 0.915. The highest BCUT2D eigenvalue weighted by atomic mass is 19.1. The van der Waals surface area contributed by atoms with Crippen molar-refractivity contribution < 1.29 is 18.7 Å². The van der Waals surface area contributed by atoms with Crippen LogP contribution in [0.1, 0.15) is 11.7 Å². The first-order valence-electron chi connectivity index (χ1n) is 7.20. The van der Waals surface area contributed by atoms with E-state index in [4.69, 9.17) is 0 Å². The molecule has 1 aliphatic heterocycles. The number of urea groups is 1. The summed E-state index contributed by atoms with van der Waals surface area (Å²) in [7, 11) is 3.39. The molecule has 0 bridgehead atoms. The Balaban J connectivity index is 1.92. The highest BCUT2D eigenvalue weighted by Crippen LogP contribution is 2.22. The summed E-state index contributed by atoms with van der Waals surface area (Å²) in [5.41, 5.74) is -0.297. The van der Waals surface area contributed by atoms with Gasteiger partial charge in [0.15, 0.2) is 0 Å². The second kappa shape index (κ2) is 7.02. The van der Waals surface area contributed by atoms with E-state index >= 15 is 0 Å². The van der Waals surface area contributed by atoms with Gasteiger partial charge >= 0.3 is 6.03 Å². The van der Waals surface area contributed by atoms with Gasteiger partial charge < -0.3 is 14.9 Å². The van der Waals surface area contributed by atoms with Crippen LogP contribution in [0.25, 0.3) is 0 Å². The molecule has 122 valence electrons. The molecule has 2 rings (SSSR count). The summed E-state index contributed by atoms with van der Waals surface area (Å²) < 4.78 is 27.3. The van der Waals surface area contributed by atoms with Crippen LogP contribution in [0.2, 0.25) is 0 Å². The van der Waals surface area contributed by atoms with Crippen molar-refractivity contribution >= 4 is 6.03 Å². The van der Waals surface area contributed by atoms with Crippen LogP contribution in [0.3, 0.4) is 0 Å². The molecule has 1 saturated heterocycles. The minimum Gasteiger partial charge on any atom is -0.387 e. The van der Waals surface area contributed by atoms with E-state index in [9.17, 15) is 18.7 Å². The molecule has 7 heteroatoms. The van der Waals surface area contributed by atoms with E-state index in [0.29, 0.717) is 26.2 Å². The van der Waals surface area contributed by atoms with Gasteiger partial charge in [-0.05, 0) is 12.1 Å². The molecule has 1 aromatic rings. The molecule has 1 aliphatic rings. The van der Waals surface area contributed by atoms with E-state index in [-0.39, 0.29) is 18.1 Å². The number of aliphatic hydroxyl groups is 1. The van der Waals surface area contributed by atoms with E-state index in [1.807, 2.05) is 4.90 Å². The molecule has 1 heterocycles. The van der Waals surface area contributed by atoms with Crippen LogP contribution in [0.5, 0.6) is 0 Å². The van der Waals surface area contributed by atoms with Gasteiger partial charge in [-0.25, -0.2) is 13.6 Å². The number of β-amino-alcohol motifs (C(OH)–C–C–N with tert-alkyl or cyclic N) is 1. The highest BCUT2D eigenvalue weighted by molar-refractivity contribution is 5.73. The van der Waals surface area contributed by atoms with Crippen LogP contribution in [0, 0.1) is 11.6 Å². The van der Waals surface area contributed by atoms with Gasteiger partial charge in [0.05, 0.1) is 11.7 Å². The van der Waals surface area contributed by atoms with Crippen molar-refractivity contribution in [3.8, 4) is 0 Å². The lowest BCUT2D eigenvalue weighted by molar-refractivity contribution is 0.0729. The lowest BCUT2D eigenvalue weighted by Gasteiger charge is -2.36. The van der Waals surface area contributed by atoms with Gasteiger partial charge in [0.1, 0.15) is 11.6 Å². The second-order valence-electron chi connectivity index (χ2n) is 5.62. The standard InChI is InChI=1S/C15H21F2N3O2/c1-18(2)15(22)20-8-6-19(7-9-20)10-13(21)14-11(16)4-3-5-12(14)17/h3-5,13,21H,6-10H2,1-2H3. The maximum Gasteiger partial charge on any atom is 0.319 e. The van der Waals surface area contributed by atoms with Gasteiger partial charge in [0.25, 0.3) is 0 Å². The number of nitrogens with zero attached hydrogens (tertiary/aromatic N) is 3. The van der Waals surface area contributed by atoms with E-state index in [1.165, 1.54) is 11.0 Å². The summed E-state index contributed by atoms with van der Waals surface area (Å²) in [5, 5.41) is 10.1. The fourth-order valence-corrected chi connectivity index (χ4v) is 2.57. The zero-order valence-electron chi connectivity index (χ0n) is 12.8. The van der Waals surface area contributed by atoms with Gasteiger partial charge in [-0.2, -0.15) is 0 Å². The van der Waals surface area contributed by atoms with E-state index in [0.717, 1.165) is 12.1 Å². The third kappa shape index (κ3) is 3.72. The zero-order chi connectivity index (χ0) is 16.3. The van der Waals surface area contributed by atoms with Gasteiger partial charge in [-0.1, -0.05) is 6.07 Å². The SMILES string of the molecule is CN(C)C(=O)N1CCN(CC(O)c2c(F)cccc2F)CC1. The zero-order valence-corrected chi connectivity index (χ0v) is 12.8.